The van der Waals surface area contributed by atoms with E-state index in [0.717, 1.165) is 4.57 Å². The van der Waals surface area contributed by atoms with E-state index < -0.39 is 28.4 Å². The fourth-order valence-corrected chi connectivity index (χ4v) is 1.51. The second kappa shape index (κ2) is 5.85. The van der Waals surface area contributed by atoms with E-state index in [2.05, 4.69) is 4.98 Å². The molecule has 0 fully saturated rings. The number of nitrogens with zero attached hydrogens (tertiary/aromatic N) is 1. The summed E-state index contributed by atoms with van der Waals surface area (Å²) in [5, 5.41) is 0. The summed E-state index contributed by atoms with van der Waals surface area (Å²) in [6.07, 6.45) is 1.29. The van der Waals surface area contributed by atoms with E-state index in [4.69, 9.17) is 4.74 Å². The molecule has 1 rings (SSSR count). The Labute approximate surface area is 115 Å². The van der Waals surface area contributed by atoms with Crippen LogP contribution in [-0.2, 0) is 20.9 Å². The summed E-state index contributed by atoms with van der Waals surface area (Å²) < 4.78 is 5.90. The molecular formula is C13H18N2O5. The molecule has 7 heteroatoms. The zero-order chi connectivity index (χ0) is 15.5. The average Bonchev–Trinajstić information content (AvgIpc) is 2.36. The minimum absolute atomic E-state index is 0.174. The van der Waals surface area contributed by atoms with Gasteiger partial charge in [-0.05, 0) is 27.7 Å². The monoisotopic (exact) mass is 282 g/mol. The van der Waals surface area contributed by atoms with Crippen molar-refractivity contribution in [3.05, 3.63) is 32.6 Å². The van der Waals surface area contributed by atoms with Crippen molar-refractivity contribution in [1.29, 1.82) is 0 Å². The molecule has 0 aromatic carbocycles. The molecule has 0 aliphatic carbocycles. The topological polar surface area (TPSA) is 98.2 Å². The standard InChI is InChI=1S/C13H18N2O5/c1-5-20-11(18)13(3,4)9(16)7-15-6-8(2)10(17)14-12(15)19/h6H,5,7H2,1-4H3,(H,14,17,19). The van der Waals surface area contributed by atoms with Gasteiger partial charge in [-0.1, -0.05) is 0 Å². The summed E-state index contributed by atoms with van der Waals surface area (Å²) in [7, 11) is 0. The summed E-state index contributed by atoms with van der Waals surface area (Å²) in [6, 6.07) is 0. The number of aryl methyl sites for hydroxylation is 1. The van der Waals surface area contributed by atoms with Gasteiger partial charge in [-0.25, -0.2) is 4.79 Å². The maximum atomic E-state index is 12.1. The molecule has 0 saturated carbocycles. The predicted octanol–water partition coefficient (Wildman–Crippen LogP) is 0.00342. The van der Waals surface area contributed by atoms with Crippen LogP contribution in [0.2, 0.25) is 0 Å². The molecule has 1 N–H and O–H groups in total. The number of aromatic amines is 1. The van der Waals surface area contributed by atoms with Crippen molar-refractivity contribution in [2.24, 2.45) is 5.41 Å². The number of Topliss-reactive ketones (excluding diaryl/α,β-unsaturated/α-hetero) is 1. The number of nitrogens with one attached hydrogen (secondary N) is 1. The third-order valence-corrected chi connectivity index (χ3v) is 2.99. The molecule has 1 heterocycles. The highest BCUT2D eigenvalue weighted by Crippen LogP contribution is 2.19. The van der Waals surface area contributed by atoms with Crippen molar-refractivity contribution >= 4 is 11.8 Å². The van der Waals surface area contributed by atoms with Gasteiger partial charge < -0.3 is 4.74 Å². The van der Waals surface area contributed by atoms with E-state index in [1.165, 1.54) is 27.0 Å². The number of H-pyrrole nitrogens is 1. The molecule has 0 spiro atoms. The lowest BCUT2D eigenvalue weighted by molar-refractivity contribution is -0.158. The normalized spacial score (nSPS) is 11.2. The van der Waals surface area contributed by atoms with Gasteiger partial charge in [0.2, 0.25) is 0 Å². The Kier molecular flexibility index (Phi) is 4.65. The lowest BCUT2D eigenvalue weighted by Gasteiger charge is -2.21. The van der Waals surface area contributed by atoms with Crippen LogP contribution in [0.15, 0.2) is 15.8 Å². The number of rotatable bonds is 5. The van der Waals surface area contributed by atoms with E-state index in [9.17, 15) is 19.2 Å². The van der Waals surface area contributed by atoms with Crippen LogP contribution >= 0.6 is 0 Å². The van der Waals surface area contributed by atoms with Gasteiger partial charge in [0.15, 0.2) is 5.78 Å². The highest BCUT2D eigenvalue weighted by Gasteiger charge is 2.37. The van der Waals surface area contributed by atoms with Crippen LogP contribution in [0.3, 0.4) is 0 Å². The molecular weight excluding hydrogens is 264 g/mol. The average molecular weight is 282 g/mol. The smallest absolute Gasteiger partial charge is 0.328 e. The largest absolute Gasteiger partial charge is 0.465 e. The van der Waals surface area contributed by atoms with Gasteiger partial charge in [-0.3, -0.25) is 23.9 Å². The third kappa shape index (κ3) is 3.23. The van der Waals surface area contributed by atoms with Crippen LogP contribution in [0.5, 0.6) is 0 Å². The van der Waals surface area contributed by atoms with E-state index in [1.807, 2.05) is 0 Å². The van der Waals surface area contributed by atoms with Gasteiger partial charge >= 0.3 is 11.7 Å². The van der Waals surface area contributed by atoms with Crippen molar-refractivity contribution in [3.63, 3.8) is 0 Å². The molecule has 7 nitrogen and oxygen atoms in total. The van der Waals surface area contributed by atoms with Gasteiger partial charge in [-0.2, -0.15) is 0 Å². The molecule has 0 saturated heterocycles. The Morgan fingerprint density at radius 3 is 2.50 bits per heavy atom. The van der Waals surface area contributed by atoms with Crippen molar-refractivity contribution in [1.82, 2.24) is 9.55 Å². The number of ketones is 1. The molecule has 110 valence electrons. The Hall–Kier alpha value is -2.18. The molecule has 1 aromatic heterocycles. The van der Waals surface area contributed by atoms with Crippen LogP contribution in [0.25, 0.3) is 0 Å². The molecule has 0 aliphatic heterocycles. The summed E-state index contributed by atoms with van der Waals surface area (Å²) in [6.45, 7) is 5.92. The van der Waals surface area contributed by atoms with Crippen molar-refractivity contribution in [3.8, 4) is 0 Å². The maximum absolute atomic E-state index is 12.1. The van der Waals surface area contributed by atoms with E-state index in [-0.39, 0.29) is 13.2 Å². The Bertz CT molecular complexity index is 639. The number of ether oxygens (including phenoxy) is 1. The zero-order valence-corrected chi connectivity index (χ0v) is 12.0. The first kappa shape index (κ1) is 15.9. The Balaban J connectivity index is 3.02. The van der Waals surface area contributed by atoms with Gasteiger partial charge in [0.1, 0.15) is 5.41 Å². The van der Waals surface area contributed by atoms with E-state index in [0.29, 0.717) is 5.56 Å². The molecule has 20 heavy (non-hydrogen) atoms. The zero-order valence-electron chi connectivity index (χ0n) is 12.0. The highest BCUT2D eigenvalue weighted by atomic mass is 16.5. The maximum Gasteiger partial charge on any atom is 0.328 e. The summed E-state index contributed by atoms with van der Waals surface area (Å²) >= 11 is 0. The quantitative estimate of drug-likeness (QED) is 0.605. The van der Waals surface area contributed by atoms with Crippen LogP contribution in [0.4, 0.5) is 0 Å². The fraction of sp³-hybridized carbons (Fsp3) is 0.538. The van der Waals surface area contributed by atoms with E-state index >= 15 is 0 Å². The number of carbonyl (C=O) groups excluding carboxylic acids is 2. The summed E-state index contributed by atoms with van der Waals surface area (Å²) in [5.41, 5.74) is -2.22. The molecule has 1 aromatic rings. The van der Waals surface area contributed by atoms with Crippen LogP contribution < -0.4 is 11.2 Å². The molecule has 0 amide bonds. The number of carbonyl (C=O) groups is 2. The molecule has 0 radical (unpaired) electrons. The summed E-state index contributed by atoms with van der Waals surface area (Å²) in [4.78, 5) is 48.8. The third-order valence-electron chi connectivity index (χ3n) is 2.99. The van der Waals surface area contributed by atoms with Gasteiger partial charge in [0.05, 0.1) is 13.2 Å². The SMILES string of the molecule is CCOC(=O)C(C)(C)C(=O)Cn1cc(C)c(=O)[nH]c1=O. The van der Waals surface area contributed by atoms with Crippen LogP contribution in [0.1, 0.15) is 26.3 Å². The van der Waals surface area contributed by atoms with Crippen molar-refractivity contribution < 1.29 is 14.3 Å². The molecule has 0 bridgehead atoms. The van der Waals surface area contributed by atoms with Gasteiger partial charge in [0, 0.05) is 11.8 Å². The van der Waals surface area contributed by atoms with Crippen LogP contribution in [0, 0.1) is 12.3 Å². The Morgan fingerprint density at radius 1 is 1.35 bits per heavy atom. The predicted molar refractivity (Wildman–Crippen MR) is 71.5 cm³/mol. The molecule has 0 atom stereocenters. The highest BCUT2D eigenvalue weighted by molar-refractivity contribution is 6.02. The lowest BCUT2D eigenvalue weighted by atomic mass is 9.88. The van der Waals surface area contributed by atoms with Gasteiger partial charge in [0.25, 0.3) is 5.56 Å². The first-order valence-corrected chi connectivity index (χ1v) is 6.21. The number of aromatic nitrogens is 2. The minimum atomic E-state index is -1.35. The number of esters is 1. The second-order valence-electron chi connectivity index (χ2n) is 4.97. The fourth-order valence-electron chi connectivity index (χ4n) is 1.51. The molecule has 0 aliphatic rings. The lowest BCUT2D eigenvalue weighted by Crippen LogP contribution is -2.40. The molecule has 0 unspecified atom stereocenters. The minimum Gasteiger partial charge on any atom is -0.465 e. The van der Waals surface area contributed by atoms with Crippen molar-refractivity contribution in [2.45, 2.75) is 34.2 Å². The first-order chi connectivity index (χ1) is 9.20. The first-order valence-electron chi connectivity index (χ1n) is 6.21. The van der Waals surface area contributed by atoms with Gasteiger partial charge in [-0.15, -0.1) is 0 Å². The second-order valence-corrected chi connectivity index (χ2v) is 4.97. The van der Waals surface area contributed by atoms with Crippen LogP contribution in [-0.4, -0.2) is 27.9 Å². The number of hydrogen-bond donors (Lipinski definition) is 1. The van der Waals surface area contributed by atoms with Crippen molar-refractivity contribution in [2.75, 3.05) is 6.61 Å². The number of hydrogen-bond acceptors (Lipinski definition) is 5. The van der Waals surface area contributed by atoms with E-state index in [1.54, 1.807) is 6.92 Å². The summed E-state index contributed by atoms with van der Waals surface area (Å²) in [5.74, 6) is -1.11. The Morgan fingerprint density at radius 2 is 1.95 bits per heavy atom.